The van der Waals surface area contributed by atoms with E-state index in [4.69, 9.17) is 0 Å². The van der Waals surface area contributed by atoms with Crippen LogP contribution in [0.3, 0.4) is 0 Å². The van der Waals surface area contributed by atoms with E-state index in [1.54, 1.807) is 11.1 Å². The van der Waals surface area contributed by atoms with Crippen molar-refractivity contribution in [3.8, 4) is 0 Å². The van der Waals surface area contributed by atoms with Crippen molar-refractivity contribution in [2.24, 2.45) is 5.92 Å². The molecular weight excluding hydrogens is 302 g/mol. The second kappa shape index (κ2) is 6.00. The Kier molecular flexibility index (Phi) is 3.52. The molecule has 122 valence electrons. The summed E-state index contributed by atoms with van der Waals surface area (Å²) in [5.41, 5.74) is 4.48. The lowest BCUT2D eigenvalue weighted by Gasteiger charge is -2.26. The molecule has 0 N–H and O–H groups in total. The summed E-state index contributed by atoms with van der Waals surface area (Å²) in [6.07, 6.45) is 8.66. The quantitative estimate of drug-likeness (QED) is 0.429. The predicted octanol–water partition coefficient (Wildman–Crippen LogP) is 5.74. The highest BCUT2D eigenvalue weighted by Gasteiger charge is 2.21. The second-order valence-corrected chi connectivity index (χ2v) is 7.26. The van der Waals surface area contributed by atoms with E-state index >= 15 is 0 Å². The van der Waals surface area contributed by atoms with Crippen molar-refractivity contribution < 1.29 is 0 Å². The zero-order valence-corrected chi connectivity index (χ0v) is 14.3. The Morgan fingerprint density at radius 3 is 2.68 bits per heavy atom. The number of fused-ring (bicyclic) bond motifs is 5. The van der Waals surface area contributed by atoms with E-state index < -0.39 is 0 Å². The molecule has 0 bridgehead atoms. The van der Waals surface area contributed by atoms with Gasteiger partial charge >= 0.3 is 0 Å². The van der Waals surface area contributed by atoms with Crippen molar-refractivity contribution in [1.29, 1.82) is 0 Å². The minimum Gasteiger partial charge on any atom is -0.264 e. The van der Waals surface area contributed by atoms with Crippen LogP contribution in [0.2, 0.25) is 0 Å². The number of hydrogen-bond acceptors (Lipinski definition) is 1. The van der Waals surface area contributed by atoms with Crippen LogP contribution >= 0.6 is 0 Å². The highest BCUT2D eigenvalue weighted by Crippen LogP contribution is 2.35. The molecule has 0 saturated carbocycles. The van der Waals surface area contributed by atoms with Gasteiger partial charge in [0, 0.05) is 12.4 Å². The summed E-state index contributed by atoms with van der Waals surface area (Å²) in [4.78, 5) is 4.26. The standard InChI is InChI=1S/C24H21N/c1-2-6-21-19(5-1)8-11-24-22-10-7-17(14-18-4-3-13-25-16-18)15-20(22)9-12-23(21)24/h1-6,8-9,11-13,16-17H,7,10,14-15H2. The van der Waals surface area contributed by atoms with E-state index in [1.807, 2.05) is 18.5 Å². The molecule has 1 atom stereocenters. The fourth-order valence-corrected chi connectivity index (χ4v) is 4.47. The van der Waals surface area contributed by atoms with Crippen molar-refractivity contribution in [1.82, 2.24) is 4.98 Å². The van der Waals surface area contributed by atoms with Gasteiger partial charge in [-0.3, -0.25) is 4.98 Å². The van der Waals surface area contributed by atoms with Crippen molar-refractivity contribution >= 4 is 21.5 Å². The van der Waals surface area contributed by atoms with Gasteiger partial charge in [0.1, 0.15) is 0 Å². The molecule has 25 heavy (non-hydrogen) atoms. The van der Waals surface area contributed by atoms with Crippen LogP contribution in [0.25, 0.3) is 21.5 Å². The summed E-state index contributed by atoms with van der Waals surface area (Å²) in [7, 11) is 0. The zero-order valence-electron chi connectivity index (χ0n) is 14.3. The lowest BCUT2D eigenvalue weighted by Crippen LogP contribution is -2.16. The Morgan fingerprint density at radius 2 is 1.76 bits per heavy atom. The highest BCUT2D eigenvalue weighted by atomic mass is 14.6. The first-order valence-corrected chi connectivity index (χ1v) is 9.19. The van der Waals surface area contributed by atoms with Gasteiger partial charge in [-0.15, -0.1) is 0 Å². The number of rotatable bonds is 2. The van der Waals surface area contributed by atoms with E-state index in [9.17, 15) is 0 Å². The molecule has 0 spiro atoms. The maximum absolute atomic E-state index is 4.26. The largest absolute Gasteiger partial charge is 0.264 e. The zero-order chi connectivity index (χ0) is 16.6. The Morgan fingerprint density at radius 1 is 0.840 bits per heavy atom. The molecule has 1 heterocycles. The van der Waals surface area contributed by atoms with E-state index in [2.05, 4.69) is 59.6 Å². The lowest BCUT2D eigenvalue weighted by atomic mass is 9.79. The third kappa shape index (κ3) is 2.60. The summed E-state index contributed by atoms with van der Waals surface area (Å²) in [6, 6.07) is 22.3. The molecule has 4 aromatic rings. The first kappa shape index (κ1) is 14.7. The fraction of sp³-hybridized carbons (Fsp3) is 0.208. The van der Waals surface area contributed by atoms with Gasteiger partial charge in [-0.25, -0.2) is 0 Å². The normalized spacial score (nSPS) is 16.9. The van der Waals surface area contributed by atoms with Crippen molar-refractivity contribution in [2.45, 2.75) is 25.7 Å². The van der Waals surface area contributed by atoms with Crippen LogP contribution < -0.4 is 0 Å². The Hall–Kier alpha value is -2.67. The van der Waals surface area contributed by atoms with E-state index in [0.717, 1.165) is 12.3 Å². The van der Waals surface area contributed by atoms with Gasteiger partial charge in [0.05, 0.1) is 0 Å². The van der Waals surface area contributed by atoms with Gasteiger partial charge in [0.25, 0.3) is 0 Å². The minimum atomic E-state index is 0.731. The molecule has 0 saturated heterocycles. The Bertz CT molecular complexity index is 1050. The van der Waals surface area contributed by atoms with Crippen LogP contribution in [-0.2, 0) is 19.3 Å². The van der Waals surface area contributed by atoms with Crippen LogP contribution in [-0.4, -0.2) is 4.98 Å². The fourth-order valence-electron chi connectivity index (χ4n) is 4.47. The minimum absolute atomic E-state index is 0.731. The average molecular weight is 323 g/mol. The van der Waals surface area contributed by atoms with Crippen molar-refractivity contribution in [2.75, 3.05) is 0 Å². The number of hydrogen-bond donors (Lipinski definition) is 0. The van der Waals surface area contributed by atoms with Crippen molar-refractivity contribution in [3.63, 3.8) is 0 Å². The first-order valence-electron chi connectivity index (χ1n) is 9.19. The lowest BCUT2D eigenvalue weighted by molar-refractivity contribution is 0.457. The maximum atomic E-state index is 4.26. The molecule has 0 fully saturated rings. The molecule has 1 heteroatoms. The summed E-state index contributed by atoms with van der Waals surface area (Å²) in [5, 5.41) is 5.57. The molecule has 0 aliphatic heterocycles. The number of aryl methyl sites for hydroxylation is 1. The van der Waals surface area contributed by atoms with Gasteiger partial charge in [-0.1, -0.05) is 54.6 Å². The van der Waals surface area contributed by atoms with Crippen LogP contribution in [0.5, 0.6) is 0 Å². The van der Waals surface area contributed by atoms with Gasteiger partial charge in [0.2, 0.25) is 0 Å². The predicted molar refractivity (Wildman–Crippen MR) is 105 cm³/mol. The van der Waals surface area contributed by atoms with Crippen LogP contribution in [0.4, 0.5) is 0 Å². The number of benzene rings is 3. The summed E-state index contributed by atoms with van der Waals surface area (Å²) in [6.45, 7) is 0. The molecule has 1 aromatic heterocycles. The Balaban J connectivity index is 1.53. The summed E-state index contributed by atoms with van der Waals surface area (Å²) >= 11 is 0. The van der Waals surface area contributed by atoms with Crippen molar-refractivity contribution in [3.05, 3.63) is 89.7 Å². The van der Waals surface area contributed by atoms with Crippen LogP contribution in [0.1, 0.15) is 23.1 Å². The number of aromatic nitrogens is 1. The van der Waals surface area contributed by atoms with E-state index in [1.165, 1.54) is 46.4 Å². The molecule has 5 rings (SSSR count). The molecule has 0 amide bonds. The summed E-state index contributed by atoms with van der Waals surface area (Å²) in [5.74, 6) is 0.731. The van der Waals surface area contributed by atoms with Gasteiger partial charge in [0.15, 0.2) is 0 Å². The van der Waals surface area contributed by atoms with Gasteiger partial charge in [-0.2, -0.15) is 0 Å². The molecule has 1 nitrogen and oxygen atoms in total. The van der Waals surface area contributed by atoms with E-state index in [-0.39, 0.29) is 0 Å². The maximum Gasteiger partial charge on any atom is 0.0299 e. The molecule has 3 aromatic carbocycles. The van der Waals surface area contributed by atoms with Gasteiger partial charge in [-0.05, 0) is 75.9 Å². The van der Waals surface area contributed by atoms with E-state index in [0.29, 0.717) is 0 Å². The Labute approximate surface area is 148 Å². The highest BCUT2D eigenvalue weighted by molar-refractivity contribution is 6.08. The first-order chi connectivity index (χ1) is 12.4. The number of nitrogens with zero attached hydrogens (tertiary/aromatic N) is 1. The van der Waals surface area contributed by atoms with Crippen LogP contribution in [0, 0.1) is 5.92 Å². The summed E-state index contributed by atoms with van der Waals surface area (Å²) < 4.78 is 0. The van der Waals surface area contributed by atoms with Gasteiger partial charge < -0.3 is 0 Å². The third-order valence-electron chi connectivity index (χ3n) is 5.69. The van der Waals surface area contributed by atoms with Crippen LogP contribution in [0.15, 0.2) is 73.1 Å². The molecule has 0 radical (unpaired) electrons. The molecule has 1 aliphatic carbocycles. The molecular formula is C24H21N. The topological polar surface area (TPSA) is 12.9 Å². The molecule has 1 unspecified atom stereocenters. The SMILES string of the molecule is c1cncc(CC2CCc3c(ccc4c3ccc3ccccc34)C2)c1. The molecule has 1 aliphatic rings. The smallest absolute Gasteiger partial charge is 0.0299 e. The second-order valence-electron chi connectivity index (χ2n) is 7.26. The third-order valence-corrected chi connectivity index (χ3v) is 5.69. The number of pyridine rings is 1. The average Bonchev–Trinajstić information content (AvgIpc) is 2.68. The monoisotopic (exact) mass is 323 g/mol.